The summed E-state index contributed by atoms with van der Waals surface area (Å²) in [5.41, 5.74) is 0. The predicted molar refractivity (Wildman–Crippen MR) is 36.9 cm³/mol. The molecule has 1 aliphatic rings. The molecule has 0 aliphatic carbocycles. The van der Waals surface area contributed by atoms with Crippen molar-refractivity contribution in [3.63, 3.8) is 0 Å². The van der Waals surface area contributed by atoms with Crippen LogP contribution in [0.1, 0.15) is 12.8 Å². The molecule has 64 valence electrons. The van der Waals surface area contributed by atoms with Gasteiger partial charge in [-0.1, -0.05) is 4.86 Å². The second-order valence-corrected chi connectivity index (χ2v) is 2.46. The fourth-order valence-electron chi connectivity index (χ4n) is 0.914. The van der Waals surface area contributed by atoms with Gasteiger partial charge in [0, 0.05) is 12.8 Å². The van der Waals surface area contributed by atoms with E-state index in [4.69, 9.17) is 9.57 Å². The van der Waals surface area contributed by atoms with Crippen molar-refractivity contribution in [1.29, 1.82) is 0 Å². The maximum atomic E-state index is 10.3. The molecule has 1 rings (SSSR count). The molecule has 1 heterocycles. The maximum absolute atomic E-state index is 10.3. The standard InChI is InChI=1S/C6H12N2O3/c1-8(9)7-11-6-2-4-10-5-3-6/h6H,2-5H2,1H3. The zero-order valence-electron chi connectivity index (χ0n) is 6.52. The second-order valence-electron chi connectivity index (χ2n) is 2.46. The molecule has 1 fully saturated rings. The van der Waals surface area contributed by atoms with Gasteiger partial charge in [0.05, 0.1) is 13.2 Å². The van der Waals surface area contributed by atoms with E-state index in [0.717, 1.165) is 12.8 Å². The normalized spacial score (nSPS) is 21.7. The van der Waals surface area contributed by atoms with Crippen molar-refractivity contribution in [1.82, 2.24) is 0 Å². The minimum atomic E-state index is 0.0557. The summed E-state index contributed by atoms with van der Waals surface area (Å²) >= 11 is 0. The highest BCUT2D eigenvalue weighted by Gasteiger charge is 2.15. The topological polar surface area (TPSA) is 56.9 Å². The van der Waals surface area contributed by atoms with Crippen LogP contribution in [0.3, 0.4) is 0 Å². The van der Waals surface area contributed by atoms with Crippen molar-refractivity contribution < 1.29 is 14.4 Å². The first-order valence-corrected chi connectivity index (χ1v) is 3.64. The van der Waals surface area contributed by atoms with Gasteiger partial charge in [-0.2, -0.15) is 0 Å². The van der Waals surface area contributed by atoms with Crippen LogP contribution in [-0.4, -0.2) is 31.2 Å². The summed E-state index contributed by atoms with van der Waals surface area (Å²) in [6.45, 7) is 1.39. The summed E-state index contributed by atoms with van der Waals surface area (Å²) in [5, 5.41) is 13.6. The number of hydrogen-bond acceptors (Lipinski definition) is 4. The summed E-state index contributed by atoms with van der Waals surface area (Å²) in [4.78, 5) is 5.31. The van der Waals surface area contributed by atoms with E-state index in [1.165, 1.54) is 7.05 Å². The molecular formula is C6H12N2O3. The average Bonchev–Trinajstić information content (AvgIpc) is 2.03. The first-order valence-electron chi connectivity index (χ1n) is 3.64. The highest BCUT2D eigenvalue weighted by atomic mass is 16.7. The van der Waals surface area contributed by atoms with Crippen LogP contribution in [0.5, 0.6) is 0 Å². The number of hydrogen-bond donors (Lipinski definition) is 0. The third kappa shape index (κ3) is 3.18. The first kappa shape index (κ1) is 8.26. The number of ether oxygens (including phenoxy) is 1. The molecule has 1 aliphatic heterocycles. The summed E-state index contributed by atoms with van der Waals surface area (Å²) in [7, 11) is 1.29. The summed E-state index contributed by atoms with van der Waals surface area (Å²) in [6.07, 6.45) is 1.69. The molecule has 5 heteroatoms. The third-order valence-corrected chi connectivity index (χ3v) is 1.48. The van der Waals surface area contributed by atoms with Gasteiger partial charge >= 0.3 is 0 Å². The predicted octanol–water partition coefficient (Wildman–Crippen LogP) is 0.689. The van der Waals surface area contributed by atoms with Gasteiger partial charge in [-0.05, 0) is 0 Å². The fourth-order valence-corrected chi connectivity index (χ4v) is 0.914. The lowest BCUT2D eigenvalue weighted by molar-refractivity contribution is -0.533. The van der Waals surface area contributed by atoms with Crippen molar-refractivity contribution in [2.45, 2.75) is 18.9 Å². The van der Waals surface area contributed by atoms with Crippen molar-refractivity contribution in [3.8, 4) is 0 Å². The van der Waals surface area contributed by atoms with Gasteiger partial charge in [-0.25, -0.2) is 0 Å². The van der Waals surface area contributed by atoms with Crippen LogP contribution in [0.2, 0.25) is 0 Å². The fraction of sp³-hybridized carbons (Fsp3) is 1.00. The molecular weight excluding hydrogens is 148 g/mol. The van der Waals surface area contributed by atoms with E-state index in [9.17, 15) is 5.21 Å². The van der Waals surface area contributed by atoms with Gasteiger partial charge in [0.2, 0.25) is 0 Å². The Morgan fingerprint density at radius 3 is 2.73 bits per heavy atom. The van der Waals surface area contributed by atoms with Crippen molar-refractivity contribution in [2.75, 3.05) is 20.3 Å². The number of rotatable bonds is 2. The van der Waals surface area contributed by atoms with E-state index in [-0.39, 0.29) is 6.10 Å². The number of hydroxylamine groups is 1. The van der Waals surface area contributed by atoms with Crippen molar-refractivity contribution in [3.05, 3.63) is 5.21 Å². The Morgan fingerprint density at radius 2 is 2.18 bits per heavy atom. The summed E-state index contributed by atoms with van der Waals surface area (Å²) in [5.74, 6) is 0. The van der Waals surface area contributed by atoms with Crippen LogP contribution < -0.4 is 0 Å². The van der Waals surface area contributed by atoms with Gasteiger partial charge in [0.1, 0.15) is 6.10 Å². The van der Waals surface area contributed by atoms with E-state index in [1.54, 1.807) is 0 Å². The highest BCUT2D eigenvalue weighted by Crippen LogP contribution is 2.10. The Morgan fingerprint density at radius 1 is 1.55 bits per heavy atom. The zero-order valence-corrected chi connectivity index (χ0v) is 6.52. The molecule has 0 bridgehead atoms. The molecule has 0 aromatic heterocycles. The van der Waals surface area contributed by atoms with E-state index < -0.39 is 0 Å². The smallest absolute Gasteiger partial charge is 0.199 e. The molecule has 0 N–H and O–H groups in total. The molecule has 11 heavy (non-hydrogen) atoms. The van der Waals surface area contributed by atoms with Crippen molar-refractivity contribution in [2.24, 2.45) is 5.28 Å². The Labute approximate surface area is 65.1 Å². The molecule has 0 aromatic rings. The largest absolute Gasteiger partial charge is 0.598 e. The minimum absolute atomic E-state index is 0.0557. The van der Waals surface area contributed by atoms with Crippen LogP contribution >= 0.6 is 0 Å². The first-order chi connectivity index (χ1) is 5.29. The van der Waals surface area contributed by atoms with E-state index in [0.29, 0.717) is 18.1 Å². The second kappa shape index (κ2) is 4.12. The molecule has 0 aromatic carbocycles. The summed E-state index contributed by atoms with van der Waals surface area (Å²) < 4.78 is 5.09. The summed E-state index contributed by atoms with van der Waals surface area (Å²) in [6, 6.07) is 0. The molecule has 1 saturated heterocycles. The lowest BCUT2D eigenvalue weighted by atomic mass is 10.2. The molecule has 0 atom stereocenters. The Balaban J connectivity index is 2.19. The van der Waals surface area contributed by atoms with Crippen LogP contribution in [-0.2, 0) is 9.57 Å². The molecule has 5 nitrogen and oxygen atoms in total. The lowest BCUT2D eigenvalue weighted by Gasteiger charge is -2.18. The third-order valence-electron chi connectivity index (χ3n) is 1.48. The molecule has 0 radical (unpaired) electrons. The van der Waals surface area contributed by atoms with Gasteiger partial charge in [0.15, 0.2) is 12.3 Å². The van der Waals surface area contributed by atoms with Crippen LogP contribution in [0, 0.1) is 5.21 Å². The van der Waals surface area contributed by atoms with Gasteiger partial charge in [-0.3, -0.25) is 0 Å². The molecule has 0 spiro atoms. The van der Waals surface area contributed by atoms with Crippen LogP contribution in [0.15, 0.2) is 5.28 Å². The van der Waals surface area contributed by atoms with E-state index in [2.05, 4.69) is 5.28 Å². The molecule has 0 amide bonds. The van der Waals surface area contributed by atoms with E-state index in [1.807, 2.05) is 0 Å². The Hall–Kier alpha value is -0.840. The SMILES string of the molecule is C[N+]([O-])=NOC1CCOCC1. The monoisotopic (exact) mass is 160 g/mol. The number of nitrogens with zero attached hydrogens (tertiary/aromatic N) is 2. The van der Waals surface area contributed by atoms with Crippen LogP contribution in [0.4, 0.5) is 0 Å². The minimum Gasteiger partial charge on any atom is -0.598 e. The van der Waals surface area contributed by atoms with Gasteiger partial charge in [-0.15, -0.1) is 0 Å². The maximum Gasteiger partial charge on any atom is 0.199 e. The Kier molecular flexibility index (Phi) is 3.10. The van der Waals surface area contributed by atoms with Crippen molar-refractivity contribution >= 4 is 0 Å². The highest BCUT2D eigenvalue weighted by molar-refractivity contribution is 4.60. The van der Waals surface area contributed by atoms with Gasteiger partial charge in [0.25, 0.3) is 0 Å². The quantitative estimate of drug-likeness (QED) is 0.339. The lowest BCUT2D eigenvalue weighted by Crippen LogP contribution is -2.22. The zero-order chi connectivity index (χ0) is 8.10. The average molecular weight is 160 g/mol. The molecule has 0 unspecified atom stereocenters. The Bertz CT molecular complexity index is 139. The van der Waals surface area contributed by atoms with Crippen LogP contribution in [0.25, 0.3) is 0 Å². The molecule has 0 saturated carbocycles. The van der Waals surface area contributed by atoms with E-state index >= 15 is 0 Å². The van der Waals surface area contributed by atoms with Gasteiger partial charge < -0.3 is 14.8 Å².